The molecule has 4 aromatic rings. The zero-order valence-corrected chi connectivity index (χ0v) is 21.5. The van der Waals surface area contributed by atoms with E-state index >= 15 is 0 Å². The van der Waals surface area contributed by atoms with Crippen LogP contribution in [0, 0.1) is 6.92 Å². The number of carbonyl (C=O) groups excluding carboxylic acids is 3. The lowest BCUT2D eigenvalue weighted by Crippen LogP contribution is -2.44. The fraction of sp³-hybridized carbons (Fsp3) is 0.258. The van der Waals surface area contributed by atoms with Gasteiger partial charge in [0.1, 0.15) is 12.1 Å². The minimum Gasteiger partial charge on any atom is -0.356 e. The molecule has 0 saturated carbocycles. The van der Waals surface area contributed by atoms with Crippen LogP contribution < -0.4 is 10.2 Å². The second kappa shape index (κ2) is 9.49. The summed E-state index contributed by atoms with van der Waals surface area (Å²) in [7, 11) is 0. The summed E-state index contributed by atoms with van der Waals surface area (Å²) in [5.41, 5.74) is 5.67. The van der Waals surface area contributed by atoms with E-state index in [1.165, 1.54) is 4.90 Å². The summed E-state index contributed by atoms with van der Waals surface area (Å²) in [6.07, 6.45) is 2.22. The number of nitrogens with zero attached hydrogens (tertiary/aromatic N) is 2. The molecule has 2 atom stereocenters. The number of imide groups is 1. The van der Waals surface area contributed by atoms with Gasteiger partial charge in [0.15, 0.2) is 0 Å². The maximum Gasteiger partial charge on any atom is 0.332 e. The number of urea groups is 1. The molecule has 192 valence electrons. The van der Waals surface area contributed by atoms with Crippen molar-refractivity contribution in [3.05, 3.63) is 101 Å². The number of fused-ring (bicyclic) bond motifs is 4. The van der Waals surface area contributed by atoms with E-state index in [4.69, 9.17) is 0 Å². The summed E-state index contributed by atoms with van der Waals surface area (Å²) in [6.45, 7) is 4.62. The second-order valence-electron chi connectivity index (χ2n) is 10.1. The monoisotopic (exact) mass is 506 g/mol. The standard InChI is InChI=1S/C31H30N4O3/c1-3-4-17-32-29(36)22-10-6-8-12-25(22)35-30(37)26-18-23-21-9-5-7-11-24(21)33-27(23)28(34(26)31(35)38)20-15-13-19(2)14-16-20/h5-16,26,28,33H,3-4,17-18H2,1-2H3,(H,32,36)/t26-,28?/m0/s1. The zero-order chi connectivity index (χ0) is 26.4. The predicted molar refractivity (Wildman–Crippen MR) is 147 cm³/mol. The molecule has 0 bridgehead atoms. The molecule has 1 aromatic heterocycles. The van der Waals surface area contributed by atoms with Crippen LogP contribution in [0.4, 0.5) is 10.5 Å². The molecule has 7 nitrogen and oxygen atoms in total. The Bertz CT molecular complexity index is 1560. The number of amides is 4. The van der Waals surface area contributed by atoms with Crippen molar-refractivity contribution in [2.24, 2.45) is 0 Å². The first-order valence-electron chi connectivity index (χ1n) is 13.2. The van der Waals surface area contributed by atoms with Crippen LogP contribution in [0.3, 0.4) is 0 Å². The van der Waals surface area contributed by atoms with Crippen LogP contribution in [0.5, 0.6) is 0 Å². The molecule has 2 N–H and O–H groups in total. The number of hydrogen-bond donors (Lipinski definition) is 2. The van der Waals surface area contributed by atoms with Crippen molar-refractivity contribution in [2.75, 3.05) is 11.4 Å². The Balaban J connectivity index is 1.45. The van der Waals surface area contributed by atoms with Crippen LogP contribution in [0.25, 0.3) is 10.9 Å². The van der Waals surface area contributed by atoms with Crippen molar-refractivity contribution < 1.29 is 14.4 Å². The molecule has 2 aliphatic heterocycles. The Morgan fingerprint density at radius 2 is 1.74 bits per heavy atom. The van der Waals surface area contributed by atoms with E-state index < -0.39 is 18.1 Å². The molecule has 0 aliphatic carbocycles. The number of carbonyl (C=O) groups is 3. The van der Waals surface area contributed by atoms with Gasteiger partial charge in [0, 0.05) is 29.6 Å². The number of nitrogens with one attached hydrogen (secondary N) is 2. The average molecular weight is 507 g/mol. The molecule has 1 fully saturated rings. The van der Waals surface area contributed by atoms with E-state index in [9.17, 15) is 14.4 Å². The Morgan fingerprint density at radius 1 is 1.00 bits per heavy atom. The van der Waals surface area contributed by atoms with Crippen molar-refractivity contribution in [2.45, 2.75) is 45.2 Å². The van der Waals surface area contributed by atoms with Crippen LogP contribution in [-0.4, -0.2) is 40.3 Å². The van der Waals surface area contributed by atoms with Crippen LogP contribution in [0.2, 0.25) is 0 Å². The third-order valence-electron chi connectivity index (χ3n) is 7.65. The Kier molecular flexibility index (Phi) is 5.98. The Morgan fingerprint density at radius 3 is 2.53 bits per heavy atom. The van der Waals surface area contributed by atoms with Gasteiger partial charge in [-0.25, -0.2) is 9.69 Å². The highest BCUT2D eigenvalue weighted by Crippen LogP contribution is 2.45. The van der Waals surface area contributed by atoms with Gasteiger partial charge >= 0.3 is 6.03 Å². The van der Waals surface area contributed by atoms with Crippen LogP contribution in [-0.2, 0) is 11.2 Å². The fourth-order valence-corrected chi connectivity index (χ4v) is 5.73. The van der Waals surface area contributed by atoms with Crippen LogP contribution >= 0.6 is 0 Å². The highest BCUT2D eigenvalue weighted by atomic mass is 16.2. The number of para-hydroxylation sites is 2. The fourth-order valence-electron chi connectivity index (χ4n) is 5.73. The summed E-state index contributed by atoms with van der Waals surface area (Å²) in [5, 5.41) is 3.98. The van der Waals surface area contributed by atoms with E-state index in [0.717, 1.165) is 46.1 Å². The van der Waals surface area contributed by atoms with Crippen LogP contribution in [0.1, 0.15) is 58.5 Å². The number of benzene rings is 3. The first kappa shape index (κ1) is 24.0. The van der Waals surface area contributed by atoms with E-state index in [0.29, 0.717) is 24.2 Å². The molecule has 0 spiro atoms. The second-order valence-corrected chi connectivity index (χ2v) is 10.1. The van der Waals surface area contributed by atoms with Gasteiger partial charge in [-0.1, -0.05) is 73.5 Å². The largest absolute Gasteiger partial charge is 0.356 e. The number of aryl methyl sites for hydroxylation is 1. The lowest BCUT2D eigenvalue weighted by atomic mass is 9.88. The van der Waals surface area contributed by atoms with Gasteiger partial charge in [-0.15, -0.1) is 0 Å². The van der Waals surface area contributed by atoms with Gasteiger partial charge in [-0.3, -0.25) is 14.5 Å². The molecule has 38 heavy (non-hydrogen) atoms. The third kappa shape index (κ3) is 3.77. The molecule has 1 unspecified atom stereocenters. The first-order valence-corrected chi connectivity index (χ1v) is 13.2. The van der Waals surface area contributed by atoms with Gasteiger partial charge < -0.3 is 10.3 Å². The number of hydrogen-bond acceptors (Lipinski definition) is 3. The summed E-state index contributed by atoms with van der Waals surface area (Å²) in [5.74, 6) is -0.595. The van der Waals surface area contributed by atoms with Gasteiger partial charge in [-0.2, -0.15) is 0 Å². The molecule has 3 heterocycles. The summed E-state index contributed by atoms with van der Waals surface area (Å²) >= 11 is 0. The molecule has 2 aliphatic rings. The Hall–Kier alpha value is -4.39. The number of H-pyrrole nitrogens is 1. The predicted octanol–water partition coefficient (Wildman–Crippen LogP) is 5.49. The summed E-state index contributed by atoms with van der Waals surface area (Å²) in [6, 6.07) is 21.5. The average Bonchev–Trinajstić information content (AvgIpc) is 3.42. The third-order valence-corrected chi connectivity index (χ3v) is 7.65. The van der Waals surface area contributed by atoms with Gasteiger partial charge in [0.25, 0.3) is 11.8 Å². The van der Waals surface area contributed by atoms with Gasteiger partial charge in [0.05, 0.1) is 11.3 Å². The SMILES string of the molecule is CCCCNC(=O)c1ccccc1N1C(=O)[C@@H]2Cc3c([nH]c4ccccc34)C(c3ccc(C)cc3)N2C1=O. The molecule has 3 aromatic carbocycles. The van der Waals surface area contributed by atoms with Crippen LogP contribution in [0.15, 0.2) is 72.8 Å². The van der Waals surface area contributed by atoms with E-state index in [1.54, 1.807) is 29.2 Å². The molecule has 1 saturated heterocycles. The highest BCUT2D eigenvalue weighted by Gasteiger charge is 2.53. The maximum atomic E-state index is 14.1. The number of aromatic amines is 1. The number of unbranched alkanes of at least 4 members (excludes halogenated alkanes) is 1. The Labute approximate surface area is 221 Å². The summed E-state index contributed by atoms with van der Waals surface area (Å²) in [4.78, 5) is 47.6. The number of aromatic nitrogens is 1. The van der Waals surface area contributed by atoms with Crippen molar-refractivity contribution in [3.63, 3.8) is 0 Å². The van der Waals surface area contributed by atoms with E-state index in [1.807, 2.05) is 49.4 Å². The minimum atomic E-state index is -0.670. The van der Waals surface area contributed by atoms with Gasteiger partial charge in [-0.05, 0) is 42.7 Å². The topological polar surface area (TPSA) is 85.5 Å². The maximum absolute atomic E-state index is 14.1. The molecular weight excluding hydrogens is 476 g/mol. The molecular formula is C31H30N4O3. The van der Waals surface area contributed by atoms with Gasteiger partial charge in [0.2, 0.25) is 0 Å². The molecule has 0 radical (unpaired) electrons. The van der Waals surface area contributed by atoms with Crippen molar-refractivity contribution in [1.82, 2.24) is 15.2 Å². The normalized spacial score (nSPS) is 18.6. The van der Waals surface area contributed by atoms with Crippen molar-refractivity contribution in [3.8, 4) is 0 Å². The molecule has 4 amide bonds. The zero-order valence-electron chi connectivity index (χ0n) is 21.5. The minimum absolute atomic E-state index is 0.286. The van der Waals surface area contributed by atoms with Crippen molar-refractivity contribution >= 4 is 34.4 Å². The van der Waals surface area contributed by atoms with Crippen molar-refractivity contribution in [1.29, 1.82) is 0 Å². The van der Waals surface area contributed by atoms with E-state index in [2.05, 4.69) is 23.3 Å². The quantitative estimate of drug-likeness (QED) is 0.268. The molecule has 7 heteroatoms. The number of rotatable bonds is 6. The highest BCUT2D eigenvalue weighted by molar-refractivity contribution is 6.24. The molecule has 6 rings (SSSR count). The smallest absolute Gasteiger partial charge is 0.332 e. The number of anilines is 1. The van der Waals surface area contributed by atoms with E-state index in [-0.39, 0.29) is 11.8 Å². The first-order chi connectivity index (χ1) is 18.5. The lowest BCUT2D eigenvalue weighted by molar-refractivity contribution is -0.120. The lowest BCUT2D eigenvalue weighted by Gasteiger charge is -2.36. The summed E-state index contributed by atoms with van der Waals surface area (Å²) < 4.78 is 0.